The van der Waals surface area contributed by atoms with Crippen molar-refractivity contribution in [2.45, 2.75) is 104 Å². The van der Waals surface area contributed by atoms with Crippen molar-refractivity contribution in [3.63, 3.8) is 0 Å². The topological polar surface area (TPSA) is 98.0 Å². The van der Waals surface area contributed by atoms with Gasteiger partial charge < -0.3 is 20.4 Å². The number of fused-ring (bicyclic) bond motifs is 1. The van der Waals surface area contributed by atoms with Crippen LogP contribution in [0.4, 0.5) is 0 Å². The highest BCUT2D eigenvalue weighted by Gasteiger charge is 2.56. The molecule has 3 rings (SSSR count). The highest BCUT2D eigenvalue weighted by atomic mass is 16.3. The second-order valence-electron chi connectivity index (χ2n) is 11.8. The summed E-state index contributed by atoms with van der Waals surface area (Å²) in [6.45, 7) is 9.27. The van der Waals surface area contributed by atoms with E-state index in [0.717, 1.165) is 12.8 Å². The van der Waals surface area contributed by atoms with Gasteiger partial charge in [0.15, 0.2) is 0 Å². The summed E-state index contributed by atoms with van der Waals surface area (Å²) in [5.74, 6) is 1.31. The van der Waals surface area contributed by atoms with E-state index >= 15 is 0 Å². The number of carbonyl (C=O) groups is 1. The minimum atomic E-state index is -0.878. The highest BCUT2D eigenvalue weighted by molar-refractivity contribution is 5.85. The number of hydrogen-bond donors (Lipinski definition) is 4. The highest BCUT2D eigenvalue weighted by Crippen LogP contribution is 2.59. The van der Waals surface area contributed by atoms with E-state index < -0.39 is 18.3 Å². The Morgan fingerprint density at radius 1 is 0.935 bits per heavy atom. The summed E-state index contributed by atoms with van der Waals surface area (Å²) < 4.78 is 0. The number of ketones is 1. The summed E-state index contributed by atoms with van der Waals surface area (Å²) in [5, 5.41) is 41.1. The fourth-order valence-electron chi connectivity index (χ4n) is 7.68. The Morgan fingerprint density at radius 2 is 1.58 bits per heavy atom. The molecule has 0 bridgehead atoms. The molecule has 0 radical (unpaired) electrons. The molecule has 5 heteroatoms. The summed E-state index contributed by atoms with van der Waals surface area (Å²) in [6, 6.07) is 0. The first kappa shape index (κ1) is 25.1. The molecule has 0 aromatic carbocycles. The van der Waals surface area contributed by atoms with Crippen molar-refractivity contribution < 1.29 is 25.2 Å². The smallest absolute Gasteiger partial charge is 0.139 e. The van der Waals surface area contributed by atoms with Crippen molar-refractivity contribution in [2.75, 3.05) is 6.61 Å². The van der Waals surface area contributed by atoms with Crippen LogP contribution < -0.4 is 0 Å². The molecule has 3 aliphatic carbocycles. The minimum absolute atomic E-state index is 0.105. The van der Waals surface area contributed by atoms with Crippen LogP contribution in [0.25, 0.3) is 0 Å². The van der Waals surface area contributed by atoms with Gasteiger partial charge in [-0.15, -0.1) is 0 Å². The Bertz CT molecular complexity index is 607. The molecule has 3 fully saturated rings. The van der Waals surface area contributed by atoms with E-state index in [-0.39, 0.29) is 47.9 Å². The minimum Gasteiger partial charge on any atom is -0.396 e. The van der Waals surface area contributed by atoms with Crippen LogP contribution in [0.5, 0.6) is 0 Å². The largest absolute Gasteiger partial charge is 0.396 e. The Labute approximate surface area is 188 Å². The molecule has 0 aromatic heterocycles. The van der Waals surface area contributed by atoms with Crippen LogP contribution in [0.1, 0.15) is 85.5 Å². The first-order valence-electron chi connectivity index (χ1n) is 12.8. The van der Waals surface area contributed by atoms with Crippen molar-refractivity contribution >= 4 is 5.78 Å². The fraction of sp³-hybridized carbons (Fsp3) is 0.962. The zero-order valence-corrected chi connectivity index (χ0v) is 20.0. The standard InChI is InChI=1S/C26H46O5/c1-15(2)6-5-7-16(3)20-8-9-21(26(20,4)10-11-27)19-14-22(28)17-12-23(29)24(30)13-18(17)25(19)31/h15-24,27-30H,5-14H2,1-4H3. The van der Waals surface area contributed by atoms with Crippen LogP contribution in [0.15, 0.2) is 0 Å². The molecular formula is C26H46O5. The summed E-state index contributed by atoms with van der Waals surface area (Å²) in [7, 11) is 0. The van der Waals surface area contributed by atoms with Gasteiger partial charge in [0.2, 0.25) is 0 Å². The van der Waals surface area contributed by atoms with Gasteiger partial charge in [0.1, 0.15) is 5.78 Å². The molecule has 0 aliphatic heterocycles. The molecule has 180 valence electrons. The van der Waals surface area contributed by atoms with Crippen molar-refractivity contribution in [1.29, 1.82) is 0 Å². The number of carbonyl (C=O) groups excluding carboxylic acids is 1. The lowest BCUT2D eigenvalue weighted by atomic mass is 9.56. The Hall–Kier alpha value is -0.490. The average Bonchev–Trinajstić information content (AvgIpc) is 3.02. The van der Waals surface area contributed by atoms with Gasteiger partial charge >= 0.3 is 0 Å². The van der Waals surface area contributed by atoms with Gasteiger partial charge in [-0.25, -0.2) is 0 Å². The molecule has 0 spiro atoms. The number of aliphatic hydroxyl groups is 4. The van der Waals surface area contributed by atoms with Crippen LogP contribution in [0.2, 0.25) is 0 Å². The van der Waals surface area contributed by atoms with E-state index in [9.17, 15) is 25.2 Å². The van der Waals surface area contributed by atoms with Crippen LogP contribution in [-0.2, 0) is 4.79 Å². The van der Waals surface area contributed by atoms with E-state index in [2.05, 4.69) is 27.7 Å². The maximum atomic E-state index is 13.6. The fourth-order valence-corrected chi connectivity index (χ4v) is 7.68. The van der Waals surface area contributed by atoms with Crippen LogP contribution >= 0.6 is 0 Å². The zero-order chi connectivity index (χ0) is 22.9. The number of Topliss-reactive ketones (excluding diaryl/α,β-unsaturated/α-hetero) is 1. The second kappa shape index (κ2) is 10.2. The van der Waals surface area contributed by atoms with Crippen LogP contribution in [0, 0.1) is 46.8 Å². The molecule has 5 nitrogen and oxygen atoms in total. The molecule has 0 heterocycles. The van der Waals surface area contributed by atoms with E-state index in [0.29, 0.717) is 37.0 Å². The summed E-state index contributed by atoms with van der Waals surface area (Å²) in [5.41, 5.74) is -0.105. The predicted octanol–water partition coefficient (Wildman–Crippen LogP) is 3.56. The van der Waals surface area contributed by atoms with Gasteiger partial charge in [-0.2, -0.15) is 0 Å². The second-order valence-corrected chi connectivity index (χ2v) is 11.8. The first-order valence-corrected chi connectivity index (χ1v) is 12.8. The monoisotopic (exact) mass is 438 g/mol. The maximum Gasteiger partial charge on any atom is 0.139 e. The number of hydrogen-bond acceptors (Lipinski definition) is 5. The predicted molar refractivity (Wildman–Crippen MR) is 121 cm³/mol. The summed E-state index contributed by atoms with van der Waals surface area (Å²) in [4.78, 5) is 13.6. The van der Waals surface area contributed by atoms with E-state index in [1.54, 1.807) is 0 Å². The molecule has 0 aromatic rings. The molecule has 0 amide bonds. The van der Waals surface area contributed by atoms with Crippen molar-refractivity contribution in [3.05, 3.63) is 0 Å². The molecule has 10 atom stereocenters. The molecule has 31 heavy (non-hydrogen) atoms. The molecule has 4 N–H and O–H groups in total. The lowest BCUT2D eigenvalue weighted by Gasteiger charge is -2.49. The molecule has 10 unspecified atom stereocenters. The third kappa shape index (κ3) is 5.05. The molecular weight excluding hydrogens is 392 g/mol. The van der Waals surface area contributed by atoms with Gasteiger partial charge in [0, 0.05) is 18.4 Å². The first-order chi connectivity index (χ1) is 14.6. The molecule has 3 aliphatic rings. The third-order valence-corrected chi connectivity index (χ3v) is 9.44. The van der Waals surface area contributed by atoms with Gasteiger partial charge in [-0.3, -0.25) is 4.79 Å². The average molecular weight is 439 g/mol. The number of rotatable bonds is 8. The van der Waals surface area contributed by atoms with E-state index in [1.807, 2.05) is 0 Å². The van der Waals surface area contributed by atoms with Crippen molar-refractivity contribution in [1.82, 2.24) is 0 Å². The third-order valence-electron chi connectivity index (χ3n) is 9.44. The van der Waals surface area contributed by atoms with E-state index in [1.165, 1.54) is 19.3 Å². The lowest BCUT2D eigenvalue weighted by molar-refractivity contribution is -0.155. The number of aliphatic hydroxyl groups excluding tert-OH is 4. The summed E-state index contributed by atoms with van der Waals surface area (Å²) >= 11 is 0. The maximum absolute atomic E-state index is 13.6. The van der Waals surface area contributed by atoms with Crippen LogP contribution in [0.3, 0.4) is 0 Å². The van der Waals surface area contributed by atoms with E-state index in [4.69, 9.17) is 0 Å². The quantitative estimate of drug-likeness (QED) is 0.464. The van der Waals surface area contributed by atoms with Gasteiger partial charge in [-0.1, -0.05) is 47.0 Å². The molecule has 3 saturated carbocycles. The zero-order valence-electron chi connectivity index (χ0n) is 20.0. The Morgan fingerprint density at radius 3 is 2.23 bits per heavy atom. The van der Waals surface area contributed by atoms with Gasteiger partial charge in [0.25, 0.3) is 0 Å². The van der Waals surface area contributed by atoms with Crippen LogP contribution in [-0.4, -0.2) is 51.1 Å². The Kier molecular flexibility index (Phi) is 8.27. The van der Waals surface area contributed by atoms with Crippen molar-refractivity contribution in [3.8, 4) is 0 Å². The van der Waals surface area contributed by atoms with Gasteiger partial charge in [-0.05, 0) is 73.5 Å². The SMILES string of the molecule is CC(C)CCCC(C)C1CCC(C2CC(O)C3CC(O)C(O)CC3C2=O)C1(C)CCO. The lowest BCUT2D eigenvalue weighted by Crippen LogP contribution is -2.54. The normalized spacial score (nSPS) is 44.5. The van der Waals surface area contributed by atoms with Gasteiger partial charge in [0.05, 0.1) is 18.3 Å². The Balaban J connectivity index is 1.77. The molecule has 0 saturated heterocycles. The summed E-state index contributed by atoms with van der Waals surface area (Å²) in [6.07, 6.45) is 5.11. The van der Waals surface area contributed by atoms with Crippen molar-refractivity contribution in [2.24, 2.45) is 46.8 Å².